The highest BCUT2D eigenvalue weighted by atomic mass is 16.6. The first-order chi connectivity index (χ1) is 10.3. The van der Waals surface area contributed by atoms with Gasteiger partial charge >= 0.3 is 5.97 Å². The molecule has 0 bridgehead atoms. The van der Waals surface area contributed by atoms with Gasteiger partial charge in [-0.2, -0.15) is 0 Å². The fourth-order valence-corrected chi connectivity index (χ4v) is 2.37. The standard InChI is InChI=1S/C15H17NO6/c1-8(17)21-12-13(18)15(2,22-14(12)16)11-9(19-3)6-5-7-10(11)20-4/h5-7H,16H2,1-4H3. The lowest BCUT2D eigenvalue weighted by molar-refractivity contribution is -0.142. The zero-order valence-electron chi connectivity index (χ0n) is 12.8. The summed E-state index contributed by atoms with van der Waals surface area (Å²) in [6, 6.07) is 5.05. The molecule has 0 aromatic heterocycles. The van der Waals surface area contributed by atoms with Crippen LogP contribution in [0.1, 0.15) is 19.4 Å². The maximum Gasteiger partial charge on any atom is 0.308 e. The summed E-state index contributed by atoms with van der Waals surface area (Å²) in [5, 5.41) is 0. The number of ether oxygens (including phenoxy) is 4. The van der Waals surface area contributed by atoms with Crippen LogP contribution in [0.3, 0.4) is 0 Å². The van der Waals surface area contributed by atoms with Gasteiger partial charge in [-0.25, -0.2) is 0 Å². The molecule has 7 nitrogen and oxygen atoms in total. The lowest BCUT2D eigenvalue weighted by atomic mass is 9.90. The Bertz CT molecular complexity index is 644. The monoisotopic (exact) mass is 307 g/mol. The Morgan fingerprint density at radius 3 is 2.23 bits per heavy atom. The van der Waals surface area contributed by atoms with E-state index in [9.17, 15) is 9.59 Å². The molecule has 22 heavy (non-hydrogen) atoms. The zero-order valence-corrected chi connectivity index (χ0v) is 12.8. The minimum Gasteiger partial charge on any atom is -0.496 e. The predicted molar refractivity (Wildman–Crippen MR) is 76.0 cm³/mol. The highest BCUT2D eigenvalue weighted by molar-refractivity contribution is 6.05. The van der Waals surface area contributed by atoms with E-state index >= 15 is 0 Å². The van der Waals surface area contributed by atoms with Crippen molar-refractivity contribution in [2.24, 2.45) is 5.73 Å². The fraction of sp³-hybridized carbons (Fsp3) is 0.333. The predicted octanol–water partition coefficient (Wildman–Crippen LogP) is 1.21. The number of ketones is 1. The number of esters is 1. The van der Waals surface area contributed by atoms with Crippen LogP contribution in [0.5, 0.6) is 11.5 Å². The van der Waals surface area contributed by atoms with E-state index in [1.807, 2.05) is 0 Å². The van der Waals surface area contributed by atoms with Gasteiger partial charge in [-0.15, -0.1) is 0 Å². The maximum atomic E-state index is 12.7. The van der Waals surface area contributed by atoms with Gasteiger partial charge in [0.2, 0.25) is 17.2 Å². The van der Waals surface area contributed by atoms with Crippen LogP contribution in [0, 0.1) is 0 Å². The third-order valence-corrected chi connectivity index (χ3v) is 3.33. The lowest BCUT2D eigenvalue weighted by Gasteiger charge is -2.26. The molecule has 0 saturated heterocycles. The topological polar surface area (TPSA) is 97.1 Å². The Balaban J connectivity index is 2.55. The van der Waals surface area contributed by atoms with Gasteiger partial charge in [0.1, 0.15) is 11.5 Å². The molecule has 0 radical (unpaired) electrons. The molecular weight excluding hydrogens is 290 g/mol. The maximum absolute atomic E-state index is 12.7. The molecule has 0 fully saturated rings. The van der Waals surface area contributed by atoms with Gasteiger partial charge in [-0.1, -0.05) is 6.07 Å². The molecule has 2 rings (SSSR count). The van der Waals surface area contributed by atoms with Crippen LogP contribution >= 0.6 is 0 Å². The third kappa shape index (κ3) is 2.34. The van der Waals surface area contributed by atoms with E-state index in [4.69, 9.17) is 24.7 Å². The van der Waals surface area contributed by atoms with Crippen LogP contribution in [0.15, 0.2) is 29.8 Å². The Morgan fingerprint density at radius 1 is 1.23 bits per heavy atom. The second-order valence-electron chi connectivity index (χ2n) is 4.79. The van der Waals surface area contributed by atoms with Gasteiger partial charge in [-0.3, -0.25) is 9.59 Å². The molecule has 2 N–H and O–H groups in total. The number of rotatable bonds is 4. The smallest absolute Gasteiger partial charge is 0.308 e. The van der Waals surface area contributed by atoms with Crippen molar-refractivity contribution in [1.82, 2.24) is 0 Å². The Kier molecular flexibility index (Phi) is 3.99. The van der Waals surface area contributed by atoms with Crippen molar-refractivity contribution in [3.8, 4) is 11.5 Å². The molecule has 1 aromatic carbocycles. The molecule has 1 aliphatic rings. The average molecular weight is 307 g/mol. The molecule has 1 aliphatic heterocycles. The molecule has 0 spiro atoms. The Labute approximate surface area is 127 Å². The van der Waals surface area contributed by atoms with Gasteiger partial charge in [0.25, 0.3) is 5.78 Å². The summed E-state index contributed by atoms with van der Waals surface area (Å²) in [4.78, 5) is 23.8. The quantitative estimate of drug-likeness (QED) is 0.835. The number of carbonyl (C=O) groups is 2. The van der Waals surface area contributed by atoms with Gasteiger partial charge in [-0.05, 0) is 19.1 Å². The SMILES string of the molecule is COc1cccc(OC)c1C1(C)OC(N)=C(OC(C)=O)C1=O. The molecule has 1 heterocycles. The first-order valence-corrected chi connectivity index (χ1v) is 6.48. The van der Waals surface area contributed by atoms with Crippen molar-refractivity contribution in [3.63, 3.8) is 0 Å². The van der Waals surface area contributed by atoms with E-state index in [1.165, 1.54) is 28.1 Å². The van der Waals surface area contributed by atoms with Gasteiger partial charge in [0, 0.05) is 6.92 Å². The summed E-state index contributed by atoms with van der Waals surface area (Å²) in [5.74, 6) is -1.02. The molecule has 0 aliphatic carbocycles. The van der Waals surface area contributed by atoms with Crippen LogP contribution < -0.4 is 15.2 Å². The number of carbonyl (C=O) groups excluding carboxylic acids is 2. The second kappa shape index (κ2) is 5.59. The summed E-state index contributed by atoms with van der Waals surface area (Å²) in [6.07, 6.45) is 0. The summed E-state index contributed by atoms with van der Waals surface area (Å²) in [5.41, 5.74) is 4.55. The van der Waals surface area contributed by atoms with Crippen molar-refractivity contribution in [3.05, 3.63) is 35.4 Å². The highest BCUT2D eigenvalue weighted by Gasteiger charge is 2.51. The van der Waals surface area contributed by atoms with Gasteiger partial charge < -0.3 is 24.7 Å². The third-order valence-electron chi connectivity index (χ3n) is 3.33. The zero-order chi connectivity index (χ0) is 16.5. The van der Waals surface area contributed by atoms with Crippen molar-refractivity contribution >= 4 is 11.8 Å². The van der Waals surface area contributed by atoms with Crippen molar-refractivity contribution in [2.45, 2.75) is 19.4 Å². The molecule has 7 heteroatoms. The summed E-state index contributed by atoms with van der Waals surface area (Å²) < 4.78 is 20.9. The first-order valence-electron chi connectivity index (χ1n) is 6.48. The van der Waals surface area contributed by atoms with Crippen molar-refractivity contribution < 1.29 is 28.5 Å². The molecule has 1 unspecified atom stereocenters. The van der Waals surface area contributed by atoms with Crippen LogP contribution in [0.25, 0.3) is 0 Å². The van der Waals surface area contributed by atoms with Crippen molar-refractivity contribution in [2.75, 3.05) is 14.2 Å². The van der Waals surface area contributed by atoms with E-state index in [2.05, 4.69) is 0 Å². The molecule has 0 amide bonds. The minimum atomic E-state index is -1.51. The first kappa shape index (κ1) is 15.7. The average Bonchev–Trinajstić information content (AvgIpc) is 2.70. The summed E-state index contributed by atoms with van der Waals surface area (Å²) >= 11 is 0. The lowest BCUT2D eigenvalue weighted by Crippen LogP contribution is -2.33. The van der Waals surface area contributed by atoms with Crippen LogP contribution in [-0.4, -0.2) is 26.0 Å². The molecule has 1 aromatic rings. The number of Topliss-reactive ketones (excluding diaryl/α,β-unsaturated/α-hetero) is 1. The number of nitrogens with two attached hydrogens (primary N) is 1. The van der Waals surface area contributed by atoms with Crippen molar-refractivity contribution in [1.29, 1.82) is 0 Å². The Morgan fingerprint density at radius 2 is 1.77 bits per heavy atom. The van der Waals surface area contributed by atoms with Crippen LogP contribution in [0.4, 0.5) is 0 Å². The molecule has 118 valence electrons. The van der Waals surface area contributed by atoms with E-state index in [0.29, 0.717) is 17.1 Å². The minimum absolute atomic E-state index is 0.254. The van der Waals surface area contributed by atoms with Crippen LogP contribution in [-0.2, 0) is 24.7 Å². The fourth-order valence-electron chi connectivity index (χ4n) is 2.37. The highest BCUT2D eigenvalue weighted by Crippen LogP contribution is 2.45. The molecule has 0 saturated carbocycles. The van der Waals surface area contributed by atoms with E-state index < -0.39 is 17.4 Å². The van der Waals surface area contributed by atoms with Crippen LogP contribution in [0.2, 0.25) is 0 Å². The number of hydrogen-bond acceptors (Lipinski definition) is 7. The normalized spacial score (nSPS) is 20.6. The molecular formula is C15H17NO6. The second-order valence-corrected chi connectivity index (χ2v) is 4.79. The van der Waals surface area contributed by atoms with E-state index in [1.54, 1.807) is 18.2 Å². The number of benzene rings is 1. The largest absolute Gasteiger partial charge is 0.496 e. The Hall–Kier alpha value is -2.70. The number of hydrogen-bond donors (Lipinski definition) is 1. The van der Waals surface area contributed by atoms with E-state index in [-0.39, 0.29) is 11.6 Å². The number of methoxy groups -OCH3 is 2. The molecule has 1 atom stereocenters. The van der Waals surface area contributed by atoms with Gasteiger partial charge in [0.15, 0.2) is 0 Å². The van der Waals surface area contributed by atoms with Gasteiger partial charge in [0.05, 0.1) is 19.8 Å². The van der Waals surface area contributed by atoms with E-state index in [0.717, 1.165) is 0 Å². The summed E-state index contributed by atoms with van der Waals surface area (Å²) in [7, 11) is 2.93. The summed E-state index contributed by atoms with van der Waals surface area (Å²) in [6.45, 7) is 2.69.